The molecule has 2 N–H and O–H groups in total. The van der Waals surface area contributed by atoms with Crippen molar-refractivity contribution in [2.45, 2.75) is 32.5 Å². The standard InChI is InChI=1S/C14H16F3N3/c1-9-7-19-20(8-9)13-4-3-11(5-10(2)18)6-12(13)14(15,16)17/h3-4,6-8,10H,5,18H2,1-2H3. The molecule has 0 saturated heterocycles. The Morgan fingerprint density at radius 2 is 2.05 bits per heavy atom. The van der Waals surface area contributed by atoms with Crippen molar-refractivity contribution in [1.82, 2.24) is 9.78 Å². The van der Waals surface area contributed by atoms with E-state index in [0.29, 0.717) is 12.0 Å². The highest BCUT2D eigenvalue weighted by atomic mass is 19.4. The summed E-state index contributed by atoms with van der Waals surface area (Å²) >= 11 is 0. The van der Waals surface area contributed by atoms with E-state index in [-0.39, 0.29) is 11.7 Å². The van der Waals surface area contributed by atoms with Gasteiger partial charge in [0, 0.05) is 12.2 Å². The van der Waals surface area contributed by atoms with Gasteiger partial charge in [0.1, 0.15) is 0 Å². The second-order valence-electron chi connectivity index (χ2n) is 4.99. The van der Waals surface area contributed by atoms with Crippen LogP contribution >= 0.6 is 0 Å². The molecule has 0 aliphatic heterocycles. The van der Waals surface area contributed by atoms with E-state index in [1.165, 1.54) is 16.9 Å². The third-order valence-electron chi connectivity index (χ3n) is 2.88. The number of hydrogen-bond donors (Lipinski definition) is 1. The van der Waals surface area contributed by atoms with Crippen molar-refractivity contribution in [1.29, 1.82) is 0 Å². The molecule has 20 heavy (non-hydrogen) atoms. The van der Waals surface area contributed by atoms with Crippen molar-refractivity contribution in [3.05, 3.63) is 47.3 Å². The molecule has 0 bridgehead atoms. The summed E-state index contributed by atoms with van der Waals surface area (Å²) in [4.78, 5) is 0. The molecular formula is C14H16F3N3. The summed E-state index contributed by atoms with van der Waals surface area (Å²) in [6.45, 7) is 3.54. The van der Waals surface area contributed by atoms with Crippen LogP contribution in [0, 0.1) is 6.92 Å². The van der Waals surface area contributed by atoms with Crippen LogP contribution in [0.4, 0.5) is 13.2 Å². The maximum Gasteiger partial charge on any atom is 0.418 e. The van der Waals surface area contributed by atoms with Gasteiger partial charge in [0.25, 0.3) is 0 Å². The average Bonchev–Trinajstić information content (AvgIpc) is 2.74. The first-order valence-electron chi connectivity index (χ1n) is 6.24. The van der Waals surface area contributed by atoms with Gasteiger partial charge < -0.3 is 5.73 Å². The molecule has 2 aromatic rings. The lowest BCUT2D eigenvalue weighted by atomic mass is 10.0. The summed E-state index contributed by atoms with van der Waals surface area (Å²) in [5, 5.41) is 3.94. The predicted molar refractivity (Wildman–Crippen MR) is 70.7 cm³/mol. The molecule has 1 atom stereocenters. The Labute approximate surface area is 115 Å². The predicted octanol–water partition coefficient (Wildman–Crippen LogP) is 3.09. The third-order valence-corrected chi connectivity index (χ3v) is 2.88. The van der Waals surface area contributed by atoms with Crippen LogP contribution in [0.3, 0.4) is 0 Å². The first-order valence-corrected chi connectivity index (χ1v) is 6.24. The Hall–Kier alpha value is -1.82. The molecule has 6 heteroatoms. The van der Waals surface area contributed by atoms with Gasteiger partial charge in [-0.25, -0.2) is 4.68 Å². The van der Waals surface area contributed by atoms with Crippen molar-refractivity contribution >= 4 is 0 Å². The van der Waals surface area contributed by atoms with Crippen LogP contribution in [0.1, 0.15) is 23.6 Å². The lowest BCUT2D eigenvalue weighted by molar-refractivity contribution is -0.137. The number of hydrogen-bond acceptors (Lipinski definition) is 2. The van der Waals surface area contributed by atoms with Crippen molar-refractivity contribution in [2.24, 2.45) is 5.73 Å². The molecule has 0 radical (unpaired) electrons. The lowest BCUT2D eigenvalue weighted by Crippen LogP contribution is -2.19. The number of nitrogens with zero attached hydrogens (tertiary/aromatic N) is 2. The Morgan fingerprint density at radius 3 is 2.55 bits per heavy atom. The summed E-state index contributed by atoms with van der Waals surface area (Å²) in [5.74, 6) is 0. The summed E-state index contributed by atoms with van der Waals surface area (Å²) in [6, 6.07) is 4.06. The van der Waals surface area contributed by atoms with Crippen LogP contribution in [0.5, 0.6) is 0 Å². The monoisotopic (exact) mass is 283 g/mol. The minimum absolute atomic E-state index is 0.0269. The summed E-state index contributed by atoms with van der Waals surface area (Å²) in [6.07, 6.45) is -0.934. The van der Waals surface area contributed by atoms with Crippen LogP contribution < -0.4 is 5.73 Å². The number of halogens is 3. The highest BCUT2D eigenvalue weighted by Gasteiger charge is 2.34. The zero-order chi connectivity index (χ0) is 14.9. The van der Waals surface area contributed by atoms with Crippen LogP contribution in [0.15, 0.2) is 30.6 Å². The van der Waals surface area contributed by atoms with Gasteiger partial charge in [0.2, 0.25) is 0 Å². The number of aromatic nitrogens is 2. The highest BCUT2D eigenvalue weighted by Crippen LogP contribution is 2.34. The molecule has 1 heterocycles. The molecule has 1 unspecified atom stereocenters. The molecule has 0 saturated carbocycles. The van der Waals surface area contributed by atoms with Gasteiger partial charge in [-0.05, 0) is 43.5 Å². The van der Waals surface area contributed by atoms with Crippen molar-refractivity contribution < 1.29 is 13.2 Å². The fourth-order valence-electron chi connectivity index (χ4n) is 2.05. The second kappa shape index (κ2) is 5.28. The van der Waals surface area contributed by atoms with E-state index in [0.717, 1.165) is 11.6 Å². The highest BCUT2D eigenvalue weighted by molar-refractivity contribution is 5.45. The maximum absolute atomic E-state index is 13.2. The van der Waals surface area contributed by atoms with E-state index >= 15 is 0 Å². The minimum atomic E-state index is -4.43. The zero-order valence-electron chi connectivity index (χ0n) is 11.3. The van der Waals surface area contributed by atoms with Gasteiger partial charge in [0.15, 0.2) is 0 Å². The third kappa shape index (κ3) is 3.19. The molecule has 108 valence electrons. The van der Waals surface area contributed by atoms with E-state index in [1.54, 1.807) is 26.1 Å². The van der Waals surface area contributed by atoms with Gasteiger partial charge in [-0.15, -0.1) is 0 Å². The van der Waals surface area contributed by atoms with Crippen molar-refractivity contribution in [3.8, 4) is 5.69 Å². The molecule has 0 amide bonds. The molecule has 0 aliphatic rings. The summed E-state index contributed by atoms with van der Waals surface area (Å²) in [5.41, 5.74) is 6.34. The van der Waals surface area contributed by atoms with Crippen LogP contribution in [-0.2, 0) is 12.6 Å². The van der Waals surface area contributed by atoms with E-state index in [9.17, 15) is 13.2 Å². The lowest BCUT2D eigenvalue weighted by Gasteiger charge is -2.15. The van der Waals surface area contributed by atoms with Gasteiger partial charge in [0.05, 0.1) is 17.4 Å². The minimum Gasteiger partial charge on any atom is -0.328 e. The first-order chi connectivity index (χ1) is 9.27. The number of nitrogens with two attached hydrogens (primary N) is 1. The average molecular weight is 283 g/mol. The van der Waals surface area contributed by atoms with Crippen LogP contribution in [0.2, 0.25) is 0 Å². The van der Waals surface area contributed by atoms with Gasteiger partial charge >= 0.3 is 6.18 Å². The van der Waals surface area contributed by atoms with Gasteiger partial charge in [-0.3, -0.25) is 0 Å². The normalized spacial score (nSPS) is 13.5. The van der Waals surface area contributed by atoms with Crippen molar-refractivity contribution in [3.63, 3.8) is 0 Å². The Morgan fingerprint density at radius 1 is 1.35 bits per heavy atom. The molecule has 3 nitrogen and oxygen atoms in total. The Balaban J connectivity index is 2.51. The van der Waals surface area contributed by atoms with E-state index in [2.05, 4.69) is 5.10 Å². The number of benzene rings is 1. The molecule has 0 aliphatic carbocycles. The largest absolute Gasteiger partial charge is 0.418 e. The molecule has 0 fully saturated rings. The number of alkyl halides is 3. The van der Waals surface area contributed by atoms with E-state index in [1.807, 2.05) is 0 Å². The summed E-state index contributed by atoms with van der Waals surface area (Å²) in [7, 11) is 0. The van der Waals surface area contributed by atoms with Crippen LogP contribution in [0.25, 0.3) is 5.69 Å². The van der Waals surface area contributed by atoms with E-state index in [4.69, 9.17) is 5.73 Å². The Bertz CT molecular complexity index is 600. The smallest absolute Gasteiger partial charge is 0.328 e. The SMILES string of the molecule is Cc1cnn(-c2ccc(CC(C)N)cc2C(F)(F)F)c1. The number of aryl methyl sites for hydroxylation is 1. The topological polar surface area (TPSA) is 43.8 Å². The van der Waals surface area contributed by atoms with Gasteiger partial charge in [-0.1, -0.05) is 6.07 Å². The van der Waals surface area contributed by atoms with Crippen LogP contribution in [-0.4, -0.2) is 15.8 Å². The maximum atomic E-state index is 13.2. The van der Waals surface area contributed by atoms with E-state index < -0.39 is 11.7 Å². The fraction of sp³-hybridized carbons (Fsp3) is 0.357. The quantitative estimate of drug-likeness (QED) is 0.940. The molecule has 1 aromatic carbocycles. The second-order valence-corrected chi connectivity index (χ2v) is 4.99. The first kappa shape index (κ1) is 14.6. The number of rotatable bonds is 3. The van der Waals surface area contributed by atoms with Gasteiger partial charge in [-0.2, -0.15) is 18.3 Å². The zero-order valence-corrected chi connectivity index (χ0v) is 11.3. The summed E-state index contributed by atoms with van der Waals surface area (Å²) < 4.78 is 40.8. The fourth-order valence-corrected chi connectivity index (χ4v) is 2.05. The molecule has 2 rings (SSSR count). The molecule has 1 aromatic heterocycles. The Kier molecular flexibility index (Phi) is 3.85. The van der Waals surface area contributed by atoms with Crippen molar-refractivity contribution in [2.75, 3.05) is 0 Å². The molecular weight excluding hydrogens is 267 g/mol. The molecule has 0 spiro atoms.